The first kappa shape index (κ1) is 15.9. The fourth-order valence-electron chi connectivity index (χ4n) is 1.80. The van der Waals surface area contributed by atoms with E-state index in [0.29, 0.717) is 12.1 Å². The number of nitrogens with one attached hydrogen (secondary N) is 1. The van der Waals surface area contributed by atoms with Crippen LogP contribution in [0.25, 0.3) is 0 Å². The summed E-state index contributed by atoms with van der Waals surface area (Å²) in [5, 5.41) is 12.7. The Morgan fingerprint density at radius 3 is 2.00 bits per heavy atom. The van der Waals surface area contributed by atoms with Crippen LogP contribution >= 0.6 is 0 Å². The van der Waals surface area contributed by atoms with Crippen LogP contribution in [-0.4, -0.2) is 48.3 Å². The molecule has 0 amide bonds. The summed E-state index contributed by atoms with van der Waals surface area (Å²) < 4.78 is 0. The highest BCUT2D eigenvalue weighted by atomic mass is 16.3. The van der Waals surface area contributed by atoms with Gasteiger partial charge >= 0.3 is 0 Å². The normalized spacial score (nSPS) is 16.9. The van der Waals surface area contributed by atoms with E-state index in [-0.39, 0.29) is 18.1 Å². The second-order valence-corrected chi connectivity index (χ2v) is 6.18. The lowest BCUT2D eigenvalue weighted by molar-refractivity contribution is 0.111. The summed E-state index contributed by atoms with van der Waals surface area (Å²) >= 11 is 0. The number of rotatable bonds is 6. The van der Waals surface area contributed by atoms with E-state index in [1.54, 1.807) is 0 Å². The number of hydrogen-bond donors (Lipinski definition) is 2. The predicted octanol–water partition coefficient (Wildman–Crippen LogP) is 1.71. The maximum atomic E-state index is 9.32. The van der Waals surface area contributed by atoms with Crippen LogP contribution in [0.2, 0.25) is 0 Å². The van der Waals surface area contributed by atoms with Gasteiger partial charge in [0.25, 0.3) is 0 Å². The molecule has 0 aromatic carbocycles. The highest BCUT2D eigenvalue weighted by Crippen LogP contribution is 2.22. The Morgan fingerprint density at radius 1 is 1.19 bits per heavy atom. The van der Waals surface area contributed by atoms with E-state index in [1.807, 2.05) is 0 Å². The molecule has 0 bridgehead atoms. The Kier molecular flexibility index (Phi) is 6.53. The number of nitrogens with zero attached hydrogens (tertiary/aromatic N) is 1. The van der Waals surface area contributed by atoms with Crippen molar-refractivity contribution in [3.63, 3.8) is 0 Å². The second kappa shape index (κ2) is 6.58. The number of hydrogen-bond acceptors (Lipinski definition) is 3. The summed E-state index contributed by atoms with van der Waals surface area (Å²) in [7, 11) is 2.13. The third-order valence-electron chi connectivity index (χ3n) is 3.21. The average Bonchev–Trinajstić information content (AvgIpc) is 2.13. The van der Waals surface area contributed by atoms with Crippen LogP contribution in [0, 0.1) is 5.41 Å². The molecule has 0 aliphatic rings. The summed E-state index contributed by atoms with van der Waals surface area (Å²) in [6.07, 6.45) is 0. The molecule has 0 aliphatic carbocycles. The molecule has 98 valence electrons. The van der Waals surface area contributed by atoms with Crippen molar-refractivity contribution in [3.8, 4) is 0 Å². The summed E-state index contributed by atoms with van der Waals surface area (Å²) in [6.45, 7) is 14.3. The molecule has 0 saturated heterocycles. The molecule has 0 fully saturated rings. The second-order valence-electron chi connectivity index (χ2n) is 6.18. The van der Waals surface area contributed by atoms with Gasteiger partial charge < -0.3 is 15.3 Å². The van der Waals surface area contributed by atoms with Gasteiger partial charge in [-0.25, -0.2) is 0 Å². The lowest BCUT2D eigenvalue weighted by atomic mass is 9.87. The fourth-order valence-corrected chi connectivity index (χ4v) is 1.80. The summed E-state index contributed by atoms with van der Waals surface area (Å²) in [4.78, 5) is 2.32. The molecular weight excluding hydrogens is 200 g/mol. The van der Waals surface area contributed by atoms with E-state index in [0.717, 1.165) is 6.54 Å². The first-order valence-corrected chi connectivity index (χ1v) is 6.25. The topological polar surface area (TPSA) is 35.5 Å². The van der Waals surface area contributed by atoms with Gasteiger partial charge in [0.1, 0.15) is 0 Å². The Bertz CT molecular complexity index is 187. The summed E-state index contributed by atoms with van der Waals surface area (Å²) in [6, 6.07) is 1.07. The molecule has 3 nitrogen and oxygen atoms in total. The molecule has 0 saturated carbocycles. The summed E-state index contributed by atoms with van der Waals surface area (Å²) in [5.41, 5.74) is 0.270. The lowest BCUT2D eigenvalue weighted by Crippen LogP contribution is -2.49. The molecule has 0 rings (SSSR count). The van der Waals surface area contributed by atoms with Crippen LogP contribution in [0.5, 0.6) is 0 Å². The molecule has 2 N–H and O–H groups in total. The van der Waals surface area contributed by atoms with Crippen molar-refractivity contribution in [3.05, 3.63) is 0 Å². The van der Waals surface area contributed by atoms with Crippen LogP contribution in [0.1, 0.15) is 41.5 Å². The smallest absolute Gasteiger partial charge is 0.0597 e. The molecule has 0 aliphatic heterocycles. The van der Waals surface area contributed by atoms with E-state index in [9.17, 15) is 5.11 Å². The van der Waals surface area contributed by atoms with E-state index >= 15 is 0 Å². The Balaban J connectivity index is 4.24. The van der Waals surface area contributed by atoms with E-state index in [2.05, 4.69) is 58.8 Å². The minimum atomic E-state index is 0.162. The van der Waals surface area contributed by atoms with Crippen LogP contribution in [0.15, 0.2) is 0 Å². The van der Waals surface area contributed by atoms with Gasteiger partial charge in [-0.1, -0.05) is 34.6 Å². The standard InChI is InChI=1S/C13H30N2O/c1-10(2)14-12(9-16)8-15(7)11(3)13(4,5)6/h10-12,14,16H,8-9H2,1-7H3. The summed E-state index contributed by atoms with van der Waals surface area (Å²) in [5.74, 6) is 0. The van der Waals surface area contributed by atoms with E-state index < -0.39 is 0 Å². The third kappa shape index (κ3) is 5.83. The molecule has 0 radical (unpaired) electrons. The monoisotopic (exact) mass is 230 g/mol. The van der Waals surface area contributed by atoms with Crippen LogP contribution in [0.4, 0.5) is 0 Å². The van der Waals surface area contributed by atoms with Gasteiger partial charge in [-0.3, -0.25) is 0 Å². The van der Waals surface area contributed by atoms with E-state index in [1.165, 1.54) is 0 Å². The number of aliphatic hydroxyl groups is 1. The Morgan fingerprint density at radius 2 is 1.69 bits per heavy atom. The molecule has 0 spiro atoms. The third-order valence-corrected chi connectivity index (χ3v) is 3.21. The SMILES string of the molecule is CC(C)NC(CO)CN(C)C(C)C(C)(C)C. The van der Waals surface area contributed by atoms with Crippen molar-refractivity contribution in [2.75, 3.05) is 20.2 Å². The number of aliphatic hydroxyl groups excluding tert-OH is 1. The first-order valence-electron chi connectivity index (χ1n) is 6.25. The van der Waals surface area contributed by atoms with Gasteiger partial charge in [0, 0.05) is 24.7 Å². The minimum absolute atomic E-state index is 0.162. The molecular formula is C13H30N2O. The minimum Gasteiger partial charge on any atom is -0.395 e. The highest BCUT2D eigenvalue weighted by Gasteiger charge is 2.25. The Labute approximate surface area is 101 Å². The predicted molar refractivity (Wildman–Crippen MR) is 70.7 cm³/mol. The zero-order valence-corrected chi connectivity index (χ0v) is 12.0. The Hall–Kier alpha value is -0.120. The van der Waals surface area contributed by atoms with Gasteiger partial charge in [0.2, 0.25) is 0 Å². The molecule has 2 atom stereocenters. The van der Waals surface area contributed by atoms with Crippen LogP contribution in [0.3, 0.4) is 0 Å². The molecule has 0 aromatic heterocycles. The molecule has 2 unspecified atom stereocenters. The van der Waals surface area contributed by atoms with Crippen molar-refractivity contribution in [2.45, 2.75) is 59.7 Å². The van der Waals surface area contributed by atoms with Crippen molar-refractivity contribution in [2.24, 2.45) is 5.41 Å². The van der Waals surface area contributed by atoms with Crippen LogP contribution in [-0.2, 0) is 0 Å². The van der Waals surface area contributed by atoms with E-state index in [4.69, 9.17) is 0 Å². The highest BCUT2D eigenvalue weighted by molar-refractivity contribution is 4.81. The van der Waals surface area contributed by atoms with Gasteiger partial charge in [0.15, 0.2) is 0 Å². The van der Waals surface area contributed by atoms with Crippen molar-refractivity contribution >= 4 is 0 Å². The average molecular weight is 230 g/mol. The lowest BCUT2D eigenvalue weighted by Gasteiger charge is -2.37. The van der Waals surface area contributed by atoms with Crippen molar-refractivity contribution in [1.82, 2.24) is 10.2 Å². The van der Waals surface area contributed by atoms with Crippen molar-refractivity contribution in [1.29, 1.82) is 0 Å². The van der Waals surface area contributed by atoms with Gasteiger partial charge in [-0.2, -0.15) is 0 Å². The van der Waals surface area contributed by atoms with Crippen molar-refractivity contribution < 1.29 is 5.11 Å². The number of likely N-dealkylation sites (N-methyl/N-ethyl adjacent to an activating group) is 1. The zero-order chi connectivity index (χ0) is 12.9. The van der Waals surface area contributed by atoms with Gasteiger partial charge in [0.05, 0.1) is 6.61 Å². The van der Waals surface area contributed by atoms with Crippen LogP contribution < -0.4 is 5.32 Å². The zero-order valence-electron chi connectivity index (χ0n) is 12.0. The quantitative estimate of drug-likeness (QED) is 0.729. The van der Waals surface area contributed by atoms with Gasteiger partial charge in [-0.05, 0) is 19.4 Å². The molecule has 0 heterocycles. The molecule has 16 heavy (non-hydrogen) atoms. The van der Waals surface area contributed by atoms with Gasteiger partial charge in [-0.15, -0.1) is 0 Å². The molecule has 0 aromatic rings. The maximum absolute atomic E-state index is 9.32. The fraction of sp³-hybridized carbons (Fsp3) is 1.00. The first-order chi connectivity index (χ1) is 7.18. The largest absolute Gasteiger partial charge is 0.395 e. The maximum Gasteiger partial charge on any atom is 0.0597 e. The molecule has 3 heteroatoms.